The predicted molar refractivity (Wildman–Crippen MR) is 88.9 cm³/mol. The zero-order valence-corrected chi connectivity index (χ0v) is 14.3. The number of nitrogens with one attached hydrogen (secondary N) is 2. The van der Waals surface area contributed by atoms with Crippen molar-refractivity contribution < 1.29 is 24.6 Å². The van der Waals surface area contributed by atoms with Gasteiger partial charge in [-0.15, -0.1) is 0 Å². The SMILES string of the molecule is CC(C)C[C@H](N)C(=O)N[C@@H](CO)C(=O)N[C@@H](CCCCN)C(=O)O. The van der Waals surface area contributed by atoms with Crippen molar-refractivity contribution in [2.45, 2.75) is 57.7 Å². The molecule has 2 amide bonds. The van der Waals surface area contributed by atoms with E-state index in [0.717, 1.165) is 0 Å². The first-order valence-electron chi connectivity index (χ1n) is 8.12. The number of carboxylic acids is 1. The Labute approximate surface area is 142 Å². The summed E-state index contributed by atoms with van der Waals surface area (Å²) >= 11 is 0. The van der Waals surface area contributed by atoms with Crippen LogP contribution in [0, 0.1) is 5.92 Å². The molecule has 0 aliphatic rings. The fourth-order valence-electron chi connectivity index (χ4n) is 2.11. The van der Waals surface area contributed by atoms with Gasteiger partial charge in [0.1, 0.15) is 12.1 Å². The topological polar surface area (TPSA) is 168 Å². The summed E-state index contributed by atoms with van der Waals surface area (Å²) in [5, 5.41) is 23.1. The van der Waals surface area contributed by atoms with Gasteiger partial charge in [0.25, 0.3) is 0 Å². The van der Waals surface area contributed by atoms with Gasteiger partial charge >= 0.3 is 5.97 Å². The van der Waals surface area contributed by atoms with Gasteiger partial charge in [-0.1, -0.05) is 13.8 Å². The molecule has 0 rings (SSSR count). The van der Waals surface area contributed by atoms with Crippen LogP contribution in [0.4, 0.5) is 0 Å². The molecule has 0 aliphatic heterocycles. The molecule has 8 N–H and O–H groups in total. The quantitative estimate of drug-likeness (QED) is 0.235. The van der Waals surface area contributed by atoms with E-state index < -0.39 is 42.5 Å². The largest absolute Gasteiger partial charge is 0.480 e. The lowest BCUT2D eigenvalue weighted by atomic mass is 10.0. The summed E-state index contributed by atoms with van der Waals surface area (Å²) < 4.78 is 0. The van der Waals surface area contributed by atoms with Gasteiger partial charge in [0.15, 0.2) is 0 Å². The van der Waals surface area contributed by atoms with Crippen LogP contribution in [-0.4, -0.2) is 59.3 Å². The van der Waals surface area contributed by atoms with Gasteiger partial charge in [0.05, 0.1) is 12.6 Å². The van der Waals surface area contributed by atoms with Gasteiger partial charge in [0, 0.05) is 0 Å². The van der Waals surface area contributed by atoms with E-state index in [-0.39, 0.29) is 12.3 Å². The minimum absolute atomic E-state index is 0.200. The highest BCUT2D eigenvalue weighted by atomic mass is 16.4. The Morgan fingerprint density at radius 2 is 1.62 bits per heavy atom. The molecule has 0 fully saturated rings. The molecular formula is C15H30N4O5. The van der Waals surface area contributed by atoms with Crippen molar-refractivity contribution in [2.24, 2.45) is 17.4 Å². The molecular weight excluding hydrogens is 316 g/mol. The van der Waals surface area contributed by atoms with Crippen molar-refractivity contribution in [1.29, 1.82) is 0 Å². The number of carbonyl (C=O) groups is 3. The minimum atomic E-state index is -1.24. The van der Waals surface area contributed by atoms with Crippen molar-refractivity contribution >= 4 is 17.8 Å². The summed E-state index contributed by atoms with van der Waals surface area (Å²) in [5.41, 5.74) is 11.1. The number of carbonyl (C=O) groups excluding carboxylic acids is 2. The average molecular weight is 346 g/mol. The molecule has 0 aromatic carbocycles. The van der Waals surface area contributed by atoms with Gasteiger partial charge in [0.2, 0.25) is 11.8 Å². The molecule has 140 valence electrons. The third kappa shape index (κ3) is 8.80. The number of aliphatic hydroxyl groups excluding tert-OH is 1. The number of carboxylic acid groups (broad SMARTS) is 1. The summed E-state index contributed by atoms with van der Waals surface area (Å²) in [6.45, 7) is 3.59. The van der Waals surface area contributed by atoms with Crippen molar-refractivity contribution in [1.82, 2.24) is 10.6 Å². The normalized spacial score (nSPS) is 14.8. The van der Waals surface area contributed by atoms with Crippen LogP contribution in [0.1, 0.15) is 39.5 Å². The van der Waals surface area contributed by atoms with E-state index in [4.69, 9.17) is 16.6 Å². The Morgan fingerprint density at radius 3 is 2.08 bits per heavy atom. The molecule has 0 radical (unpaired) electrons. The lowest BCUT2D eigenvalue weighted by Gasteiger charge is -2.22. The number of nitrogens with two attached hydrogens (primary N) is 2. The van der Waals surface area contributed by atoms with Crippen molar-refractivity contribution in [3.8, 4) is 0 Å². The van der Waals surface area contributed by atoms with Crippen LogP contribution in [0.2, 0.25) is 0 Å². The standard InChI is InChI=1S/C15H30N4O5/c1-9(2)7-10(17)13(21)19-12(8-20)14(22)18-11(15(23)24)5-3-4-6-16/h9-12,20H,3-8,16-17H2,1-2H3,(H,18,22)(H,19,21)(H,23,24)/t10-,11-,12-/m0/s1. The van der Waals surface area contributed by atoms with Crippen LogP contribution < -0.4 is 22.1 Å². The Bertz CT molecular complexity index is 417. The second kappa shape index (κ2) is 11.8. The molecule has 0 saturated heterocycles. The van der Waals surface area contributed by atoms with Crippen molar-refractivity contribution in [3.63, 3.8) is 0 Å². The van der Waals surface area contributed by atoms with Gasteiger partial charge in [-0.3, -0.25) is 9.59 Å². The maximum absolute atomic E-state index is 12.1. The van der Waals surface area contributed by atoms with E-state index in [1.807, 2.05) is 13.8 Å². The van der Waals surface area contributed by atoms with Crippen molar-refractivity contribution in [3.05, 3.63) is 0 Å². The molecule has 9 heteroatoms. The molecule has 24 heavy (non-hydrogen) atoms. The molecule has 0 bridgehead atoms. The minimum Gasteiger partial charge on any atom is -0.480 e. The summed E-state index contributed by atoms with van der Waals surface area (Å²) in [7, 11) is 0. The third-order valence-electron chi connectivity index (χ3n) is 3.44. The summed E-state index contributed by atoms with van der Waals surface area (Å²) in [6, 6.07) is -3.14. The average Bonchev–Trinajstić information content (AvgIpc) is 2.50. The first kappa shape index (κ1) is 22.3. The highest BCUT2D eigenvalue weighted by Crippen LogP contribution is 2.04. The highest BCUT2D eigenvalue weighted by molar-refractivity contribution is 5.91. The van der Waals surface area contributed by atoms with E-state index in [0.29, 0.717) is 25.8 Å². The zero-order chi connectivity index (χ0) is 18.7. The summed E-state index contributed by atoms with van der Waals surface area (Å²) in [6.07, 6.45) is 1.84. The second-order valence-corrected chi connectivity index (χ2v) is 6.16. The highest BCUT2D eigenvalue weighted by Gasteiger charge is 2.27. The third-order valence-corrected chi connectivity index (χ3v) is 3.44. The lowest BCUT2D eigenvalue weighted by Crippen LogP contribution is -2.56. The Balaban J connectivity index is 4.65. The molecule has 0 spiro atoms. The number of aliphatic carboxylic acids is 1. The van der Waals surface area contributed by atoms with Crippen LogP contribution in [-0.2, 0) is 14.4 Å². The smallest absolute Gasteiger partial charge is 0.326 e. The number of unbranched alkanes of at least 4 members (excludes halogenated alkanes) is 1. The van der Waals surface area contributed by atoms with E-state index in [9.17, 15) is 19.5 Å². The Kier molecular flexibility index (Phi) is 10.9. The van der Waals surface area contributed by atoms with Crippen LogP contribution in [0.5, 0.6) is 0 Å². The van der Waals surface area contributed by atoms with Crippen LogP contribution in [0.25, 0.3) is 0 Å². The number of rotatable bonds is 12. The molecule has 0 aromatic rings. The number of amides is 2. The maximum Gasteiger partial charge on any atom is 0.326 e. The van der Waals surface area contributed by atoms with Crippen LogP contribution >= 0.6 is 0 Å². The van der Waals surface area contributed by atoms with Crippen LogP contribution in [0.3, 0.4) is 0 Å². The van der Waals surface area contributed by atoms with E-state index in [1.165, 1.54) is 0 Å². The molecule has 3 atom stereocenters. The lowest BCUT2D eigenvalue weighted by molar-refractivity contribution is -0.142. The Hall–Kier alpha value is -1.71. The predicted octanol–water partition coefficient (Wildman–Crippen LogP) is -1.46. The monoisotopic (exact) mass is 346 g/mol. The molecule has 0 heterocycles. The van der Waals surface area contributed by atoms with Gasteiger partial charge in [-0.25, -0.2) is 4.79 Å². The first-order chi connectivity index (χ1) is 11.2. The van der Waals surface area contributed by atoms with Crippen LogP contribution in [0.15, 0.2) is 0 Å². The molecule has 0 saturated carbocycles. The Morgan fingerprint density at radius 1 is 1.04 bits per heavy atom. The second-order valence-electron chi connectivity index (χ2n) is 6.16. The van der Waals surface area contributed by atoms with E-state index in [2.05, 4.69) is 10.6 Å². The number of aliphatic hydroxyl groups is 1. The maximum atomic E-state index is 12.1. The fourth-order valence-corrected chi connectivity index (χ4v) is 2.11. The first-order valence-corrected chi connectivity index (χ1v) is 8.12. The molecule has 0 unspecified atom stereocenters. The van der Waals surface area contributed by atoms with E-state index >= 15 is 0 Å². The van der Waals surface area contributed by atoms with Crippen molar-refractivity contribution in [2.75, 3.05) is 13.2 Å². The summed E-state index contributed by atoms with van der Waals surface area (Å²) in [4.78, 5) is 35.2. The zero-order valence-electron chi connectivity index (χ0n) is 14.3. The van der Waals surface area contributed by atoms with E-state index in [1.54, 1.807) is 0 Å². The summed E-state index contributed by atoms with van der Waals surface area (Å²) in [5.74, 6) is -2.30. The van der Waals surface area contributed by atoms with Gasteiger partial charge in [-0.2, -0.15) is 0 Å². The number of hydrogen-bond acceptors (Lipinski definition) is 6. The molecule has 9 nitrogen and oxygen atoms in total. The van der Waals surface area contributed by atoms with Gasteiger partial charge < -0.3 is 32.3 Å². The number of hydrogen-bond donors (Lipinski definition) is 6. The molecule has 0 aliphatic carbocycles. The molecule has 0 aromatic heterocycles. The fraction of sp³-hybridized carbons (Fsp3) is 0.800. The van der Waals surface area contributed by atoms with Gasteiger partial charge in [-0.05, 0) is 38.1 Å².